The Morgan fingerprint density at radius 2 is 2.06 bits per heavy atom. The average Bonchev–Trinajstić information content (AvgIpc) is 2.20. The minimum Gasteiger partial charge on any atom is -0.492 e. The smallest absolute Gasteiger partial charge is 0.148 e. The summed E-state index contributed by atoms with van der Waals surface area (Å²) in [4.78, 5) is 0. The highest BCUT2D eigenvalue weighted by molar-refractivity contribution is 9.10. The minimum absolute atomic E-state index is 0.0957. The van der Waals surface area contributed by atoms with Crippen molar-refractivity contribution < 1.29 is 17.5 Å². The normalized spacial score (nSPS) is 11.5. The molecule has 0 heterocycles. The zero-order valence-electron chi connectivity index (χ0n) is 9.95. The molecule has 7 heteroatoms. The standard InChI is InChI=1S/C11H15BrFNO3S/c1-18(15,16)5-3-14-2-4-17-11-7-9(12)6-10(13)8-11/h6-8,14H,2-5H2,1H3. The highest BCUT2D eigenvalue weighted by atomic mass is 79.9. The summed E-state index contributed by atoms with van der Waals surface area (Å²) in [7, 11) is -2.93. The second-order valence-electron chi connectivity index (χ2n) is 3.83. The number of benzene rings is 1. The summed E-state index contributed by atoms with van der Waals surface area (Å²) in [6.45, 7) is 1.23. The van der Waals surface area contributed by atoms with Gasteiger partial charge in [-0.25, -0.2) is 12.8 Å². The SMILES string of the molecule is CS(=O)(=O)CCNCCOc1cc(F)cc(Br)c1. The van der Waals surface area contributed by atoms with Crippen LogP contribution >= 0.6 is 15.9 Å². The first kappa shape index (κ1) is 15.4. The van der Waals surface area contributed by atoms with Gasteiger partial charge in [-0.3, -0.25) is 0 Å². The van der Waals surface area contributed by atoms with E-state index in [2.05, 4.69) is 21.2 Å². The van der Waals surface area contributed by atoms with Gasteiger partial charge in [0.05, 0.1) is 5.75 Å². The first-order chi connectivity index (χ1) is 8.37. The molecule has 1 aromatic rings. The van der Waals surface area contributed by atoms with E-state index in [1.54, 1.807) is 6.07 Å². The van der Waals surface area contributed by atoms with E-state index in [-0.39, 0.29) is 11.6 Å². The van der Waals surface area contributed by atoms with Crippen LogP contribution in [0.25, 0.3) is 0 Å². The molecule has 1 N–H and O–H groups in total. The minimum atomic E-state index is -2.93. The number of hydrogen-bond acceptors (Lipinski definition) is 4. The fourth-order valence-electron chi connectivity index (χ4n) is 1.24. The van der Waals surface area contributed by atoms with Gasteiger partial charge in [-0.05, 0) is 12.1 Å². The molecule has 1 rings (SSSR count). The molecule has 0 atom stereocenters. The Kier molecular flexibility index (Phi) is 6.04. The van der Waals surface area contributed by atoms with Crippen LogP contribution in [0.1, 0.15) is 0 Å². The summed E-state index contributed by atoms with van der Waals surface area (Å²) in [6.07, 6.45) is 1.19. The Labute approximate surface area is 115 Å². The van der Waals surface area contributed by atoms with Crippen LogP contribution in [0.3, 0.4) is 0 Å². The summed E-state index contributed by atoms with van der Waals surface area (Å²) in [5, 5.41) is 2.93. The molecule has 1 aromatic carbocycles. The summed E-state index contributed by atoms with van der Waals surface area (Å²) in [5.74, 6) is 0.162. The lowest BCUT2D eigenvalue weighted by molar-refractivity contribution is 0.313. The summed E-state index contributed by atoms with van der Waals surface area (Å²) in [6, 6.07) is 4.30. The molecule has 0 fully saturated rings. The van der Waals surface area contributed by atoms with Crippen molar-refractivity contribution in [3.63, 3.8) is 0 Å². The van der Waals surface area contributed by atoms with E-state index in [9.17, 15) is 12.8 Å². The molecular weight excluding hydrogens is 325 g/mol. The number of sulfone groups is 1. The molecule has 0 aliphatic carbocycles. The quantitative estimate of drug-likeness (QED) is 0.766. The third kappa shape index (κ3) is 6.93. The van der Waals surface area contributed by atoms with Crippen molar-refractivity contribution in [3.8, 4) is 5.75 Å². The van der Waals surface area contributed by atoms with Gasteiger partial charge in [0.15, 0.2) is 0 Å². The molecule has 0 amide bonds. The van der Waals surface area contributed by atoms with Crippen molar-refractivity contribution in [2.24, 2.45) is 0 Å². The number of hydrogen-bond donors (Lipinski definition) is 1. The van der Waals surface area contributed by atoms with Crippen LogP contribution in [0.2, 0.25) is 0 Å². The highest BCUT2D eigenvalue weighted by Gasteiger charge is 2.01. The van der Waals surface area contributed by atoms with Crippen LogP contribution in [-0.4, -0.2) is 40.1 Å². The van der Waals surface area contributed by atoms with Gasteiger partial charge >= 0.3 is 0 Å². The van der Waals surface area contributed by atoms with E-state index in [1.165, 1.54) is 18.4 Å². The Hall–Kier alpha value is -0.660. The molecule has 0 saturated carbocycles. The maximum absolute atomic E-state index is 13.0. The van der Waals surface area contributed by atoms with Crippen LogP contribution in [0.4, 0.5) is 4.39 Å². The Morgan fingerprint density at radius 3 is 2.67 bits per heavy atom. The van der Waals surface area contributed by atoms with Crippen molar-refractivity contribution in [1.82, 2.24) is 5.32 Å². The predicted molar refractivity (Wildman–Crippen MR) is 72.2 cm³/mol. The van der Waals surface area contributed by atoms with E-state index >= 15 is 0 Å². The van der Waals surface area contributed by atoms with Gasteiger partial charge in [-0.15, -0.1) is 0 Å². The average molecular weight is 340 g/mol. The fraction of sp³-hybridized carbons (Fsp3) is 0.455. The van der Waals surface area contributed by atoms with Crippen molar-refractivity contribution in [1.29, 1.82) is 0 Å². The molecule has 0 aromatic heterocycles. The maximum atomic E-state index is 13.0. The Bertz CT molecular complexity index is 473. The van der Waals surface area contributed by atoms with E-state index in [0.717, 1.165) is 0 Å². The third-order valence-corrected chi connectivity index (χ3v) is 3.44. The molecule has 0 unspecified atom stereocenters. The lowest BCUT2D eigenvalue weighted by Crippen LogP contribution is -2.26. The topological polar surface area (TPSA) is 55.4 Å². The molecule has 0 aliphatic rings. The molecule has 18 heavy (non-hydrogen) atoms. The fourth-order valence-corrected chi connectivity index (χ4v) is 2.19. The van der Waals surface area contributed by atoms with Gasteiger partial charge < -0.3 is 10.1 Å². The van der Waals surface area contributed by atoms with Gasteiger partial charge in [0, 0.05) is 29.9 Å². The van der Waals surface area contributed by atoms with Crippen molar-refractivity contribution in [3.05, 3.63) is 28.5 Å². The van der Waals surface area contributed by atoms with Crippen LogP contribution in [0.5, 0.6) is 5.75 Å². The third-order valence-electron chi connectivity index (χ3n) is 2.03. The predicted octanol–water partition coefficient (Wildman–Crippen LogP) is 1.60. The van der Waals surface area contributed by atoms with Crippen molar-refractivity contribution in [2.75, 3.05) is 31.7 Å². The largest absolute Gasteiger partial charge is 0.492 e. The molecule has 102 valence electrons. The number of nitrogens with one attached hydrogen (secondary N) is 1. The van der Waals surface area contributed by atoms with Gasteiger partial charge in [-0.2, -0.15) is 0 Å². The lowest BCUT2D eigenvalue weighted by atomic mass is 10.3. The van der Waals surface area contributed by atoms with E-state index < -0.39 is 9.84 Å². The molecule has 0 radical (unpaired) electrons. The lowest BCUT2D eigenvalue weighted by Gasteiger charge is -2.07. The molecule has 0 bridgehead atoms. The monoisotopic (exact) mass is 339 g/mol. The number of halogens is 2. The molecular formula is C11H15BrFNO3S. The van der Waals surface area contributed by atoms with Crippen molar-refractivity contribution in [2.45, 2.75) is 0 Å². The second-order valence-corrected chi connectivity index (χ2v) is 7.01. The summed E-state index contributed by atoms with van der Waals surface area (Å²) >= 11 is 3.17. The zero-order valence-corrected chi connectivity index (χ0v) is 12.4. The Balaban J connectivity index is 2.22. The van der Waals surface area contributed by atoms with E-state index in [4.69, 9.17) is 4.74 Å². The van der Waals surface area contributed by atoms with Gasteiger partial charge in [0.2, 0.25) is 0 Å². The molecule has 0 aliphatic heterocycles. The van der Waals surface area contributed by atoms with E-state index in [1.807, 2.05) is 0 Å². The van der Waals surface area contributed by atoms with Crippen LogP contribution in [0.15, 0.2) is 22.7 Å². The second kappa shape index (κ2) is 7.06. The zero-order chi connectivity index (χ0) is 13.6. The molecule has 0 spiro atoms. The van der Waals surface area contributed by atoms with E-state index in [0.29, 0.717) is 29.9 Å². The van der Waals surface area contributed by atoms with Crippen LogP contribution < -0.4 is 10.1 Å². The molecule has 0 saturated heterocycles. The van der Waals surface area contributed by atoms with Crippen LogP contribution in [0, 0.1) is 5.82 Å². The summed E-state index contributed by atoms with van der Waals surface area (Å²) < 4.78 is 40.6. The summed E-state index contributed by atoms with van der Waals surface area (Å²) in [5.41, 5.74) is 0. The number of ether oxygens (including phenoxy) is 1. The van der Waals surface area contributed by atoms with Gasteiger partial charge in [0.1, 0.15) is 28.0 Å². The maximum Gasteiger partial charge on any atom is 0.148 e. The van der Waals surface area contributed by atoms with Gasteiger partial charge in [-0.1, -0.05) is 15.9 Å². The number of rotatable bonds is 7. The Morgan fingerprint density at radius 1 is 1.33 bits per heavy atom. The highest BCUT2D eigenvalue weighted by Crippen LogP contribution is 2.20. The first-order valence-corrected chi connectivity index (χ1v) is 8.19. The van der Waals surface area contributed by atoms with Crippen molar-refractivity contribution >= 4 is 25.8 Å². The van der Waals surface area contributed by atoms with Gasteiger partial charge in [0.25, 0.3) is 0 Å². The molecule has 4 nitrogen and oxygen atoms in total. The first-order valence-electron chi connectivity index (χ1n) is 5.34. The van der Waals surface area contributed by atoms with Crippen LogP contribution in [-0.2, 0) is 9.84 Å².